The predicted octanol–water partition coefficient (Wildman–Crippen LogP) is 0.641. The van der Waals surface area contributed by atoms with E-state index in [1.807, 2.05) is 6.07 Å². The molecule has 0 aliphatic carbocycles. The van der Waals surface area contributed by atoms with E-state index in [-0.39, 0.29) is 24.2 Å². The molecule has 0 unspecified atom stereocenters. The molecule has 0 heterocycles. The minimum absolute atomic E-state index is 0.00267. The third kappa shape index (κ3) is 2.81. The molecule has 0 bridgehead atoms. The fourth-order valence-corrected chi connectivity index (χ4v) is 1.53. The Balaban J connectivity index is 3.35. The van der Waals surface area contributed by atoms with Crippen LogP contribution in [0.2, 0.25) is 0 Å². The van der Waals surface area contributed by atoms with Crippen LogP contribution < -0.4 is 5.73 Å². The molecule has 0 aromatic heterocycles. The van der Waals surface area contributed by atoms with Gasteiger partial charge in [-0.3, -0.25) is 14.9 Å². The van der Waals surface area contributed by atoms with E-state index in [9.17, 15) is 14.9 Å². The van der Waals surface area contributed by atoms with E-state index in [2.05, 4.69) is 4.74 Å². The van der Waals surface area contributed by atoms with Crippen molar-refractivity contribution in [2.75, 3.05) is 7.11 Å². The smallest absolute Gasteiger partial charge is 0.310 e. The number of hydrogen-bond donors (Lipinski definition) is 1. The van der Waals surface area contributed by atoms with Gasteiger partial charge in [0.1, 0.15) is 0 Å². The van der Waals surface area contributed by atoms with Crippen LogP contribution in [0.25, 0.3) is 0 Å². The van der Waals surface area contributed by atoms with Crippen molar-refractivity contribution in [2.45, 2.75) is 13.0 Å². The summed E-state index contributed by atoms with van der Waals surface area (Å²) in [6.07, 6.45) is -0.135. The van der Waals surface area contributed by atoms with Crippen LogP contribution in [0.1, 0.15) is 16.7 Å². The zero-order valence-corrected chi connectivity index (χ0v) is 9.67. The summed E-state index contributed by atoms with van der Waals surface area (Å²) in [5, 5.41) is 19.7. The van der Waals surface area contributed by atoms with E-state index < -0.39 is 10.9 Å². The molecule has 0 aliphatic rings. The lowest BCUT2D eigenvalue weighted by Crippen LogP contribution is -2.11. The van der Waals surface area contributed by atoms with E-state index >= 15 is 0 Å². The van der Waals surface area contributed by atoms with Crippen LogP contribution in [-0.4, -0.2) is 18.0 Å². The van der Waals surface area contributed by atoms with E-state index in [1.165, 1.54) is 13.2 Å². The minimum Gasteiger partial charge on any atom is -0.469 e. The number of carbonyl (C=O) groups is 1. The lowest BCUT2D eigenvalue weighted by atomic mass is 9.98. The average Bonchev–Trinajstić information content (AvgIpc) is 2.38. The molecule has 0 spiro atoms. The molecule has 0 saturated heterocycles. The Hall–Kier alpha value is -2.46. The molecule has 0 saturated carbocycles. The summed E-state index contributed by atoms with van der Waals surface area (Å²) in [6, 6.07) is 4.21. The van der Waals surface area contributed by atoms with Crippen LogP contribution in [0.3, 0.4) is 0 Å². The maximum absolute atomic E-state index is 11.2. The van der Waals surface area contributed by atoms with Crippen LogP contribution in [0.15, 0.2) is 12.1 Å². The summed E-state index contributed by atoms with van der Waals surface area (Å²) in [5.74, 6) is -0.532. The van der Waals surface area contributed by atoms with Crippen molar-refractivity contribution in [2.24, 2.45) is 5.73 Å². The van der Waals surface area contributed by atoms with E-state index in [0.29, 0.717) is 11.1 Å². The first kappa shape index (κ1) is 13.6. The van der Waals surface area contributed by atoms with Crippen LogP contribution >= 0.6 is 0 Å². The Morgan fingerprint density at radius 1 is 1.61 bits per heavy atom. The molecule has 94 valence electrons. The van der Waals surface area contributed by atoms with E-state index in [1.54, 1.807) is 0 Å². The van der Waals surface area contributed by atoms with Gasteiger partial charge in [0.15, 0.2) is 0 Å². The molecule has 1 aromatic carbocycles. The number of rotatable bonds is 4. The number of nitro benzene ring substituents is 1. The standard InChI is InChI=1S/C11H11N3O4/c1-18-11(15)4-10-7(5-12)2-9(14(16)17)3-8(10)6-13/h2-3H,4-5,12H2,1H3. The van der Waals surface area contributed by atoms with Gasteiger partial charge in [-0.2, -0.15) is 5.26 Å². The number of benzene rings is 1. The number of nitrogens with two attached hydrogens (primary N) is 1. The second-order valence-corrected chi connectivity index (χ2v) is 3.46. The van der Waals surface area contributed by atoms with Gasteiger partial charge in [0, 0.05) is 18.7 Å². The Kier molecular flexibility index (Phi) is 4.34. The van der Waals surface area contributed by atoms with Gasteiger partial charge in [0.05, 0.1) is 30.1 Å². The van der Waals surface area contributed by atoms with Crippen molar-refractivity contribution >= 4 is 11.7 Å². The zero-order valence-electron chi connectivity index (χ0n) is 9.67. The minimum atomic E-state index is -0.609. The van der Waals surface area contributed by atoms with Gasteiger partial charge in [-0.15, -0.1) is 0 Å². The molecular formula is C11H11N3O4. The highest BCUT2D eigenvalue weighted by molar-refractivity contribution is 5.74. The number of ether oxygens (including phenoxy) is 1. The molecule has 1 rings (SSSR count). The number of nitriles is 1. The summed E-state index contributed by atoms with van der Waals surface area (Å²) in [7, 11) is 1.22. The van der Waals surface area contributed by atoms with Crippen LogP contribution in [-0.2, 0) is 22.5 Å². The first-order chi connectivity index (χ1) is 8.53. The van der Waals surface area contributed by atoms with Gasteiger partial charge in [-0.1, -0.05) is 0 Å². The highest BCUT2D eigenvalue weighted by atomic mass is 16.6. The SMILES string of the molecule is COC(=O)Cc1c(C#N)cc([N+](=O)[O-])cc1CN. The second-order valence-electron chi connectivity index (χ2n) is 3.46. The third-order valence-corrected chi connectivity index (χ3v) is 2.43. The highest BCUT2D eigenvalue weighted by Gasteiger charge is 2.18. The Bertz CT molecular complexity index is 534. The molecule has 0 fully saturated rings. The van der Waals surface area contributed by atoms with E-state index in [0.717, 1.165) is 6.07 Å². The molecule has 7 heteroatoms. The molecule has 18 heavy (non-hydrogen) atoms. The third-order valence-electron chi connectivity index (χ3n) is 2.43. The first-order valence-corrected chi connectivity index (χ1v) is 5.00. The zero-order chi connectivity index (χ0) is 13.7. The number of non-ortho nitro benzene ring substituents is 1. The monoisotopic (exact) mass is 249 g/mol. The van der Waals surface area contributed by atoms with Gasteiger partial charge < -0.3 is 10.5 Å². The highest BCUT2D eigenvalue weighted by Crippen LogP contribution is 2.23. The average molecular weight is 249 g/mol. The summed E-state index contributed by atoms with van der Waals surface area (Å²) < 4.78 is 4.51. The normalized spacial score (nSPS) is 9.61. The van der Waals surface area contributed by atoms with Crippen molar-refractivity contribution in [1.82, 2.24) is 0 Å². The quantitative estimate of drug-likeness (QED) is 0.475. The largest absolute Gasteiger partial charge is 0.469 e. The Morgan fingerprint density at radius 3 is 2.72 bits per heavy atom. The molecule has 0 aliphatic heterocycles. The van der Waals surface area contributed by atoms with Crippen molar-refractivity contribution in [3.63, 3.8) is 0 Å². The number of nitrogens with zero attached hydrogens (tertiary/aromatic N) is 2. The van der Waals surface area contributed by atoms with Crippen molar-refractivity contribution < 1.29 is 14.5 Å². The second kappa shape index (κ2) is 5.75. The van der Waals surface area contributed by atoms with E-state index in [4.69, 9.17) is 11.0 Å². The predicted molar refractivity (Wildman–Crippen MR) is 61.4 cm³/mol. The van der Waals surface area contributed by atoms with Crippen molar-refractivity contribution in [3.05, 3.63) is 38.9 Å². The summed E-state index contributed by atoms with van der Waals surface area (Å²) in [5.41, 5.74) is 6.09. The molecule has 0 radical (unpaired) electrons. The van der Waals surface area contributed by atoms with Crippen LogP contribution in [0, 0.1) is 21.4 Å². The maximum Gasteiger partial charge on any atom is 0.310 e. The molecule has 7 nitrogen and oxygen atoms in total. The topological polar surface area (TPSA) is 119 Å². The fourth-order valence-electron chi connectivity index (χ4n) is 1.53. The summed E-state index contributed by atoms with van der Waals surface area (Å²) in [4.78, 5) is 21.3. The molecule has 1 aromatic rings. The van der Waals surface area contributed by atoms with Crippen molar-refractivity contribution in [1.29, 1.82) is 5.26 Å². The van der Waals surface area contributed by atoms with Gasteiger partial charge in [0.25, 0.3) is 5.69 Å². The number of esters is 1. The molecule has 0 amide bonds. The molecular weight excluding hydrogens is 238 g/mol. The van der Waals surface area contributed by atoms with Crippen molar-refractivity contribution in [3.8, 4) is 6.07 Å². The maximum atomic E-state index is 11.2. The lowest BCUT2D eigenvalue weighted by Gasteiger charge is -2.08. The number of methoxy groups -OCH3 is 1. The fraction of sp³-hybridized carbons (Fsp3) is 0.273. The summed E-state index contributed by atoms with van der Waals surface area (Å²) >= 11 is 0. The number of hydrogen-bond acceptors (Lipinski definition) is 6. The van der Waals surface area contributed by atoms with Gasteiger partial charge in [-0.05, 0) is 11.1 Å². The van der Waals surface area contributed by atoms with Gasteiger partial charge in [0.2, 0.25) is 0 Å². The number of nitro groups is 1. The van der Waals surface area contributed by atoms with Crippen LogP contribution in [0.5, 0.6) is 0 Å². The lowest BCUT2D eigenvalue weighted by molar-refractivity contribution is -0.385. The molecule has 0 atom stereocenters. The summed E-state index contributed by atoms with van der Waals surface area (Å²) in [6.45, 7) is 0.00267. The van der Waals surface area contributed by atoms with Gasteiger partial charge >= 0.3 is 5.97 Å². The number of carbonyl (C=O) groups excluding carboxylic acids is 1. The van der Waals surface area contributed by atoms with Gasteiger partial charge in [-0.25, -0.2) is 0 Å². The Labute approximate surface area is 103 Å². The Morgan fingerprint density at radius 2 is 2.28 bits per heavy atom. The van der Waals surface area contributed by atoms with Crippen LogP contribution in [0.4, 0.5) is 5.69 Å². The molecule has 2 N–H and O–H groups in total. The first-order valence-electron chi connectivity index (χ1n) is 5.00.